The summed E-state index contributed by atoms with van der Waals surface area (Å²) in [5.74, 6) is -2.23. The molecule has 0 saturated carbocycles. The van der Waals surface area contributed by atoms with Gasteiger partial charge in [-0.1, -0.05) is 30.3 Å². The smallest absolute Gasteiger partial charge is 0.407 e. The summed E-state index contributed by atoms with van der Waals surface area (Å²) in [5.41, 5.74) is 0.0762. The van der Waals surface area contributed by atoms with Crippen LogP contribution in [-0.2, 0) is 25.7 Å². The van der Waals surface area contributed by atoms with Gasteiger partial charge < -0.3 is 25.4 Å². The molecule has 0 spiro atoms. The fraction of sp³-hybridized carbons (Fsp3) is 0.474. The Balaban J connectivity index is 2.17. The second kappa shape index (κ2) is 8.73. The number of aliphatic carboxylic acids is 1. The van der Waals surface area contributed by atoms with E-state index in [0.717, 1.165) is 5.56 Å². The van der Waals surface area contributed by atoms with Crippen molar-refractivity contribution in [3.05, 3.63) is 35.9 Å². The molecule has 9 nitrogen and oxygen atoms in total. The first-order valence-corrected chi connectivity index (χ1v) is 8.90. The molecule has 3 amide bonds. The number of carbonyl (C=O) groups excluding carboxylic acids is 3. The monoisotopic (exact) mass is 391 g/mol. The van der Waals surface area contributed by atoms with Crippen LogP contribution >= 0.6 is 0 Å². The lowest BCUT2D eigenvalue weighted by atomic mass is 10.0. The Labute approximate surface area is 163 Å². The van der Waals surface area contributed by atoms with E-state index >= 15 is 0 Å². The van der Waals surface area contributed by atoms with Crippen molar-refractivity contribution in [1.29, 1.82) is 0 Å². The summed E-state index contributed by atoms with van der Waals surface area (Å²) in [6.45, 7) is 5.09. The molecule has 0 bridgehead atoms. The minimum atomic E-state index is -1.19. The van der Waals surface area contributed by atoms with E-state index in [-0.39, 0.29) is 13.1 Å². The van der Waals surface area contributed by atoms with Crippen molar-refractivity contribution in [1.82, 2.24) is 15.5 Å². The lowest BCUT2D eigenvalue weighted by molar-refractivity contribution is -0.152. The van der Waals surface area contributed by atoms with Crippen LogP contribution in [0.3, 0.4) is 0 Å². The fourth-order valence-electron chi connectivity index (χ4n) is 2.80. The normalized spacial score (nSPS) is 19.8. The first-order chi connectivity index (χ1) is 13.1. The van der Waals surface area contributed by atoms with E-state index in [0.29, 0.717) is 0 Å². The number of alkyl carbamates (subject to hydrolysis) is 1. The van der Waals surface area contributed by atoms with E-state index in [1.807, 2.05) is 6.07 Å². The molecule has 1 aromatic rings. The van der Waals surface area contributed by atoms with Crippen molar-refractivity contribution < 1.29 is 29.0 Å². The molecule has 3 N–H and O–H groups in total. The summed E-state index contributed by atoms with van der Waals surface area (Å²) < 4.78 is 5.16. The van der Waals surface area contributed by atoms with Gasteiger partial charge in [-0.2, -0.15) is 0 Å². The molecule has 1 aliphatic heterocycles. The number of benzene rings is 1. The van der Waals surface area contributed by atoms with Gasteiger partial charge in [-0.25, -0.2) is 4.79 Å². The van der Waals surface area contributed by atoms with Gasteiger partial charge in [0.2, 0.25) is 11.8 Å². The molecular formula is C19H25N3O6. The number of nitrogens with zero attached hydrogens (tertiary/aromatic N) is 1. The predicted molar refractivity (Wildman–Crippen MR) is 99.2 cm³/mol. The zero-order chi connectivity index (χ0) is 20.9. The SMILES string of the molecule is CC(C)(C)OC(=O)NC[C@H]1C(=O)N[C@H](CC(=O)O)C(=O)N1Cc1ccccc1. The number of amides is 3. The van der Waals surface area contributed by atoms with Crippen molar-refractivity contribution >= 4 is 23.9 Å². The Hall–Kier alpha value is -3.10. The van der Waals surface area contributed by atoms with Gasteiger partial charge in [0.15, 0.2) is 0 Å². The van der Waals surface area contributed by atoms with Crippen molar-refractivity contribution in [3.8, 4) is 0 Å². The maximum atomic E-state index is 12.8. The van der Waals surface area contributed by atoms with Gasteiger partial charge in [-0.3, -0.25) is 14.4 Å². The second-order valence-electron chi connectivity index (χ2n) is 7.51. The van der Waals surface area contributed by atoms with Crippen molar-refractivity contribution in [2.45, 2.75) is 51.4 Å². The van der Waals surface area contributed by atoms with Crippen molar-refractivity contribution in [2.75, 3.05) is 6.54 Å². The van der Waals surface area contributed by atoms with Gasteiger partial charge in [0.25, 0.3) is 0 Å². The standard InChI is InChI=1S/C19H25N3O6/c1-19(2,3)28-18(27)20-10-14-16(25)21-13(9-15(23)24)17(26)22(14)11-12-7-5-4-6-8-12/h4-8,13-14H,9-11H2,1-3H3,(H,20,27)(H,21,25)(H,23,24)/t13-,14+/m1/s1. The third-order valence-electron chi connectivity index (χ3n) is 3.99. The van der Waals surface area contributed by atoms with Gasteiger partial charge in [-0.05, 0) is 26.3 Å². The highest BCUT2D eigenvalue weighted by Crippen LogP contribution is 2.17. The molecule has 9 heteroatoms. The molecule has 28 heavy (non-hydrogen) atoms. The zero-order valence-electron chi connectivity index (χ0n) is 16.1. The Morgan fingerprint density at radius 1 is 1.21 bits per heavy atom. The van der Waals surface area contributed by atoms with Crippen LogP contribution in [0.1, 0.15) is 32.8 Å². The largest absolute Gasteiger partial charge is 0.481 e. The topological polar surface area (TPSA) is 125 Å². The molecule has 0 aliphatic carbocycles. The number of rotatable bonds is 6. The average molecular weight is 391 g/mol. The second-order valence-corrected chi connectivity index (χ2v) is 7.51. The molecule has 0 unspecified atom stereocenters. The number of carboxylic acid groups (broad SMARTS) is 1. The molecule has 1 fully saturated rings. The summed E-state index contributed by atoms with van der Waals surface area (Å²) in [4.78, 5) is 49.6. The number of carboxylic acids is 1. The number of hydrogen-bond donors (Lipinski definition) is 3. The van der Waals surface area contributed by atoms with E-state index in [2.05, 4.69) is 10.6 Å². The van der Waals surface area contributed by atoms with Gasteiger partial charge in [0, 0.05) is 6.54 Å². The summed E-state index contributed by atoms with van der Waals surface area (Å²) >= 11 is 0. The van der Waals surface area contributed by atoms with E-state index in [1.54, 1.807) is 45.0 Å². The van der Waals surface area contributed by atoms with Crippen LogP contribution in [0.4, 0.5) is 4.79 Å². The maximum absolute atomic E-state index is 12.8. The van der Waals surface area contributed by atoms with E-state index in [9.17, 15) is 19.2 Å². The Morgan fingerprint density at radius 3 is 2.43 bits per heavy atom. The van der Waals surface area contributed by atoms with Crippen LogP contribution in [0.2, 0.25) is 0 Å². The van der Waals surface area contributed by atoms with Crippen LogP contribution in [0.15, 0.2) is 30.3 Å². The fourth-order valence-corrected chi connectivity index (χ4v) is 2.80. The lowest BCUT2D eigenvalue weighted by Gasteiger charge is -2.38. The highest BCUT2D eigenvalue weighted by Gasteiger charge is 2.41. The van der Waals surface area contributed by atoms with E-state index in [4.69, 9.17) is 9.84 Å². The summed E-state index contributed by atoms with van der Waals surface area (Å²) in [7, 11) is 0. The van der Waals surface area contributed by atoms with E-state index in [1.165, 1.54) is 4.90 Å². The third-order valence-corrected chi connectivity index (χ3v) is 3.99. The van der Waals surface area contributed by atoms with Crippen LogP contribution < -0.4 is 10.6 Å². The first-order valence-electron chi connectivity index (χ1n) is 8.90. The number of carbonyl (C=O) groups is 4. The predicted octanol–water partition coefficient (Wildman–Crippen LogP) is 0.882. The molecule has 0 aromatic heterocycles. The quantitative estimate of drug-likeness (QED) is 0.661. The van der Waals surface area contributed by atoms with Crippen LogP contribution in [-0.4, -0.2) is 58.1 Å². The number of nitrogens with one attached hydrogen (secondary N) is 2. The molecule has 2 atom stereocenters. The highest BCUT2D eigenvalue weighted by molar-refractivity contribution is 5.98. The molecule has 2 rings (SSSR count). The lowest BCUT2D eigenvalue weighted by Crippen LogP contribution is -2.65. The molecule has 0 radical (unpaired) electrons. The van der Waals surface area contributed by atoms with Crippen LogP contribution in [0.5, 0.6) is 0 Å². The minimum absolute atomic E-state index is 0.115. The van der Waals surface area contributed by atoms with Crippen LogP contribution in [0.25, 0.3) is 0 Å². The number of ether oxygens (including phenoxy) is 1. The zero-order valence-corrected chi connectivity index (χ0v) is 16.1. The average Bonchev–Trinajstić information content (AvgIpc) is 2.57. The molecule has 1 aliphatic rings. The minimum Gasteiger partial charge on any atom is -0.481 e. The molecule has 152 valence electrons. The van der Waals surface area contributed by atoms with Gasteiger partial charge in [0.1, 0.15) is 17.7 Å². The summed E-state index contributed by atoms with van der Waals surface area (Å²) in [5, 5.41) is 13.9. The molecule has 1 heterocycles. The van der Waals surface area contributed by atoms with E-state index < -0.39 is 48.0 Å². The molecule has 1 aromatic carbocycles. The molecular weight excluding hydrogens is 366 g/mol. The Kier molecular flexibility index (Phi) is 6.61. The highest BCUT2D eigenvalue weighted by atomic mass is 16.6. The number of piperazine rings is 1. The van der Waals surface area contributed by atoms with Crippen LogP contribution in [0, 0.1) is 0 Å². The van der Waals surface area contributed by atoms with Gasteiger partial charge in [0.05, 0.1) is 13.0 Å². The first kappa shape index (κ1) is 21.2. The van der Waals surface area contributed by atoms with Crippen molar-refractivity contribution in [3.63, 3.8) is 0 Å². The Morgan fingerprint density at radius 2 is 1.86 bits per heavy atom. The van der Waals surface area contributed by atoms with Crippen molar-refractivity contribution in [2.24, 2.45) is 0 Å². The van der Waals surface area contributed by atoms with Gasteiger partial charge >= 0.3 is 12.1 Å². The third kappa shape index (κ3) is 5.97. The summed E-state index contributed by atoms with van der Waals surface area (Å²) in [6.07, 6.45) is -1.22. The maximum Gasteiger partial charge on any atom is 0.407 e. The summed E-state index contributed by atoms with van der Waals surface area (Å²) in [6, 6.07) is 6.88. The molecule has 1 saturated heterocycles. The van der Waals surface area contributed by atoms with Gasteiger partial charge in [-0.15, -0.1) is 0 Å². The Bertz CT molecular complexity index is 744. The number of hydrogen-bond acceptors (Lipinski definition) is 5.